The quantitative estimate of drug-likeness (QED) is 0.0691. The summed E-state index contributed by atoms with van der Waals surface area (Å²) >= 11 is 0. The number of aliphatic imine (C=N–C) groups is 1. The molecule has 0 N–H and O–H groups in total. The van der Waals surface area contributed by atoms with Gasteiger partial charge in [0.1, 0.15) is 5.75 Å². The fourth-order valence-electron chi connectivity index (χ4n) is 7.20. The lowest BCUT2D eigenvalue weighted by atomic mass is 9.84. The number of rotatable bonds is 17. The van der Waals surface area contributed by atoms with Gasteiger partial charge in [0.15, 0.2) is 6.10 Å². The van der Waals surface area contributed by atoms with Crippen LogP contribution in [0.4, 0.5) is 11.4 Å². The molecule has 0 aliphatic heterocycles. The predicted octanol–water partition coefficient (Wildman–Crippen LogP) is 12.9. The highest BCUT2D eigenvalue weighted by Crippen LogP contribution is 2.43. The van der Waals surface area contributed by atoms with E-state index < -0.39 is 6.10 Å². The Labute approximate surface area is 329 Å². The van der Waals surface area contributed by atoms with Gasteiger partial charge in [-0.3, -0.25) is 4.99 Å². The monoisotopic (exact) mass is 727 g/mol. The van der Waals surface area contributed by atoms with Crippen LogP contribution in [0.2, 0.25) is 0 Å². The molecule has 1 aromatic heterocycles. The molecule has 282 valence electrons. The zero-order valence-corrected chi connectivity index (χ0v) is 33.6. The molecule has 0 amide bonds. The van der Waals surface area contributed by atoms with Crippen LogP contribution in [-0.2, 0) is 24.8 Å². The number of para-hydroxylation sites is 1. The van der Waals surface area contributed by atoms with Gasteiger partial charge >= 0.3 is 0 Å². The molecular formula is C51H57N3O. The largest absolute Gasteiger partial charge is 0.479 e. The van der Waals surface area contributed by atoms with Crippen LogP contribution >= 0.6 is 0 Å². The van der Waals surface area contributed by atoms with Gasteiger partial charge in [-0.25, -0.2) is 0 Å². The van der Waals surface area contributed by atoms with E-state index >= 15 is 0 Å². The molecule has 6 aromatic rings. The standard InChI is InChI=1S/C51H57N3O/c1-7-21-41-27-20-28-42(22-8-2)49(41)52-47(32-36-54-34-18-19-35-54)48(31-33-51(3,4)43-29-16-11-17-30-43)55-50-45(39-23-12-9-13-24-39)37-44(53(5)6)38-46(50)40-25-14-10-15-26-40/h9-20,23-31,33-35,37-38,48H,7-8,21-22,32,36H2,1-6H3/b33-31+,52-47?/t48-/m1/s1. The van der Waals surface area contributed by atoms with Crippen molar-refractivity contribution in [3.63, 3.8) is 0 Å². The minimum atomic E-state index is -0.460. The summed E-state index contributed by atoms with van der Waals surface area (Å²) in [5.41, 5.74) is 11.1. The van der Waals surface area contributed by atoms with E-state index in [0.29, 0.717) is 0 Å². The Bertz CT molecular complexity index is 2060. The number of allylic oxidation sites excluding steroid dienone is 1. The molecule has 0 fully saturated rings. The van der Waals surface area contributed by atoms with E-state index in [1.165, 1.54) is 16.7 Å². The van der Waals surface area contributed by atoms with E-state index in [9.17, 15) is 0 Å². The molecule has 0 radical (unpaired) electrons. The number of aryl methyl sites for hydroxylation is 3. The first-order valence-corrected chi connectivity index (χ1v) is 19.9. The van der Waals surface area contributed by atoms with Crippen molar-refractivity contribution >= 4 is 17.1 Å². The summed E-state index contributed by atoms with van der Waals surface area (Å²) in [6, 6.07) is 47.4. The molecule has 0 aliphatic carbocycles. The van der Waals surface area contributed by atoms with E-state index in [-0.39, 0.29) is 5.41 Å². The van der Waals surface area contributed by atoms with Crippen LogP contribution in [0.15, 0.2) is 163 Å². The molecule has 0 spiro atoms. The third-order valence-electron chi connectivity index (χ3n) is 10.3. The Morgan fingerprint density at radius 3 is 1.75 bits per heavy atom. The van der Waals surface area contributed by atoms with Crippen LogP contribution in [-0.4, -0.2) is 30.5 Å². The first kappa shape index (κ1) is 39.1. The number of aromatic nitrogens is 1. The van der Waals surface area contributed by atoms with E-state index in [1.807, 2.05) is 0 Å². The molecule has 55 heavy (non-hydrogen) atoms. The number of nitrogens with zero attached hydrogens (tertiary/aromatic N) is 3. The first-order valence-electron chi connectivity index (χ1n) is 19.9. The lowest BCUT2D eigenvalue weighted by Gasteiger charge is -2.27. The number of ether oxygens (including phenoxy) is 1. The van der Waals surface area contributed by atoms with Gasteiger partial charge in [0.25, 0.3) is 0 Å². The van der Waals surface area contributed by atoms with E-state index in [1.54, 1.807) is 0 Å². The van der Waals surface area contributed by atoms with Crippen molar-refractivity contribution in [3.05, 3.63) is 175 Å². The van der Waals surface area contributed by atoms with E-state index in [2.05, 4.69) is 209 Å². The lowest BCUT2D eigenvalue weighted by molar-refractivity contribution is 0.311. The second-order valence-corrected chi connectivity index (χ2v) is 15.2. The average Bonchev–Trinajstić information content (AvgIpc) is 3.74. The Kier molecular flexibility index (Phi) is 13.2. The smallest absolute Gasteiger partial charge is 0.155 e. The Balaban J connectivity index is 1.61. The SMILES string of the molecule is CCCc1cccc(CCC)c1N=C(CCn1cccc1)[C@@H](/C=C/C(C)(C)c1ccccc1)Oc1c(-c2ccccc2)cc(N(C)C)cc1-c1ccccc1. The molecule has 6 rings (SSSR count). The molecule has 0 saturated heterocycles. The second kappa shape index (κ2) is 18.6. The molecule has 0 unspecified atom stereocenters. The Hall–Kier alpha value is -5.61. The number of benzene rings is 5. The molecule has 1 atom stereocenters. The summed E-state index contributed by atoms with van der Waals surface area (Å²) in [5.74, 6) is 0.847. The van der Waals surface area contributed by atoms with Crippen molar-refractivity contribution in [2.24, 2.45) is 4.99 Å². The Morgan fingerprint density at radius 2 is 1.24 bits per heavy atom. The molecule has 5 aromatic carbocycles. The molecule has 0 bridgehead atoms. The number of anilines is 1. The molecule has 4 heteroatoms. The maximum Gasteiger partial charge on any atom is 0.155 e. The predicted molar refractivity (Wildman–Crippen MR) is 235 cm³/mol. The highest BCUT2D eigenvalue weighted by molar-refractivity contribution is 5.94. The fourth-order valence-corrected chi connectivity index (χ4v) is 7.20. The summed E-state index contributed by atoms with van der Waals surface area (Å²) in [6.45, 7) is 9.84. The fraction of sp³-hybridized carbons (Fsp3) is 0.275. The molecule has 0 aliphatic rings. The normalized spacial score (nSPS) is 12.6. The summed E-state index contributed by atoms with van der Waals surface area (Å²) in [5, 5.41) is 0. The van der Waals surface area contributed by atoms with Crippen LogP contribution in [0.5, 0.6) is 5.75 Å². The second-order valence-electron chi connectivity index (χ2n) is 15.2. The van der Waals surface area contributed by atoms with Crippen molar-refractivity contribution in [1.29, 1.82) is 0 Å². The number of hydrogen-bond acceptors (Lipinski definition) is 3. The summed E-state index contributed by atoms with van der Waals surface area (Å²) < 4.78 is 9.85. The van der Waals surface area contributed by atoms with Crippen LogP contribution < -0.4 is 9.64 Å². The zero-order valence-electron chi connectivity index (χ0n) is 33.6. The van der Waals surface area contributed by atoms with Gasteiger partial charge in [-0.15, -0.1) is 0 Å². The van der Waals surface area contributed by atoms with Gasteiger partial charge in [-0.2, -0.15) is 0 Å². The van der Waals surface area contributed by atoms with E-state index in [4.69, 9.17) is 9.73 Å². The van der Waals surface area contributed by atoms with Gasteiger partial charge in [0.05, 0.1) is 11.4 Å². The van der Waals surface area contributed by atoms with Crippen molar-refractivity contribution in [2.45, 2.75) is 77.9 Å². The van der Waals surface area contributed by atoms with Crippen LogP contribution in [0.3, 0.4) is 0 Å². The minimum Gasteiger partial charge on any atom is -0.479 e. The summed E-state index contributed by atoms with van der Waals surface area (Å²) in [6.07, 6.45) is 13.2. The molecule has 4 nitrogen and oxygen atoms in total. The summed E-state index contributed by atoms with van der Waals surface area (Å²) in [4.78, 5) is 7.91. The number of hydrogen-bond donors (Lipinski definition) is 0. The van der Waals surface area contributed by atoms with Gasteiger partial charge in [-0.1, -0.05) is 156 Å². The maximum atomic E-state index is 7.61. The van der Waals surface area contributed by atoms with Crippen LogP contribution in [0.25, 0.3) is 22.3 Å². The maximum absolute atomic E-state index is 7.61. The average molecular weight is 728 g/mol. The molecule has 0 saturated carbocycles. The minimum absolute atomic E-state index is 0.249. The third-order valence-corrected chi connectivity index (χ3v) is 10.3. The Morgan fingerprint density at radius 1 is 0.709 bits per heavy atom. The van der Waals surface area contributed by atoms with Crippen molar-refractivity contribution in [2.75, 3.05) is 19.0 Å². The van der Waals surface area contributed by atoms with Crippen molar-refractivity contribution < 1.29 is 4.74 Å². The van der Waals surface area contributed by atoms with Crippen molar-refractivity contribution in [3.8, 4) is 28.0 Å². The van der Waals surface area contributed by atoms with Crippen LogP contribution in [0, 0.1) is 0 Å². The highest BCUT2D eigenvalue weighted by Gasteiger charge is 2.25. The lowest BCUT2D eigenvalue weighted by Crippen LogP contribution is -2.28. The third kappa shape index (κ3) is 9.93. The van der Waals surface area contributed by atoms with Gasteiger partial charge < -0.3 is 14.2 Å². The zero-order chi connectivity index (χ0) is 38.6. The molecular weight excluding hydrogens is 671 g/mol. The summed E-state index contributed by atoms with van der Waals surface area (Å²) in [7, 11) is 4.20. The van der Waals surface area contributed by atoms with Gasteiger partial charge in [0, 0.05) is 61.7 Å². The van der Waals surface area contributed by atoms with Crippen LogP contribution in [0.1, 0.15) is 63.6 Å². The first-order chi connectivity index (χ1) is 26.8. The molecule has 1 heterocycles. The van der Waals surface area contributed by atoms with Gasteiger partial charge in [0.2, 0.25) is 0 Å². The van der Waals surface area contributed by atoms with Gasteiger partial charge in [-0.05, 0) is 71.0 Å². The van der Waals surface area contributed by atoms with E-state index in [0.717, 1.165) is 83.7 Å². The van der Waals surface area contributed by atoms with Crippen molar-refractivity contribution in [1.82, 2.24) is 4.57 Å². The topological polar surface area (TPSA) is 29.8 Å². The highest BCUT2D eigenvalue weighted by atomic mass is 16.5.